The van der Waals surface area contributed by atoms with Gasteiger partial charge in [0.1, 0.15) is 133 Å². The second-order valence-corrected chi connectivity index (χ2v) is 45.0. The Hall–Kier alpha value is -7.94. The second-order valence-electron chi connectivity index (χ2n) is 33.9. The minimum Gasteiger partial charge on any atom is -0.387 e. The Balaban J connectivity index is 0.724. The number of anilines is 5. The van der Waals surface area contributed by atoms with Crippen LogP contribution in [0.3, 0.4) is 0 Å². The summed E-state index contributed by atoms with van der Waals surface area (Å²) in [7, 11) is -4.74. The van der Waals surface area contributed by atoms with E-state index in [0.717, 1.165) is 30.9 Å². The van der Waals surface area contributed by atoms with Crippen molar-refractivity contribution in [1.29, 1.82) is 0 Å². The van der Waals surface area contributed by atoms with E-state index >= 15 is 9.13 Å². The van der Waals surface area contributed by atoms with Gasteiger partial charge in [-0.25, -0.2) is 58.4 Å². The number of rotatable bonds is 52. The van der Waals surface area contributed by atoms with Crippen molar-refractivity contribution in [3.05, 3.63) is 119 Å². The van der Waals surface area contributed by atoms with Crippen LogP contribution in [0.15, 0.2) is 74.2 Å². The van der Waals surface area contributed by atoms with Gasteiger partial charge in [0, 0.05) is 89.8 Å². The summed E-state index contributed by atoms with van der Waals surface area (Å²) in [6.07, 6.45) is -23.5. The molecule has 6 aliphatic rings. The first kappa shape index (κ1) is 112. The number of imidazole rings is 3. The Kier molecular flexibility index (Phi) is 37.2. The SMILES string of the molecule is CC[C@H]1O[C@@H](n2cnc3c(N)ncnc32)C[C@H]1OP(O)(=S)OC[C@H]1O[C@@H](n2cc(C)c(N)nc2=O)C(OCCOC)[C@H]1OP(=O)(O)OC[C@H]1O[C@@H](n2cnc3c(N)ncnc32)C(OCCOC)[C@H]1OP(O)(=S)OC[C@H]1O[C@@H](n2cnc3c(=O)[nH]c(N)nc32)C(OCCOC)[C@H]1OP(=O)(O)OC[C@H]1O[C@@H](n2cc(C)c(N)nc2=O)C(CCCOC)[C@H]1OP(O)(=S)OC[C@H]1O[C@@H](n2cc(C)c(=O)[nH]c2=O)C(OCCOC)[C@H]1O. The minimum absolute atomic E-state index is 0.00206. The van der Waals surface area contributed by atoms with E-state index in [4.69, 9.17) is 180 Å². The first-order valence-corrected chi connectivity index (χ1v) is 55.7. The number of nitrogens with one attached hydrogen (secondary N) is 2. The number of ether oxygens (including phenoxy) is 15. The average Bonchev–Trinajstić information content (AvgIpc) is 1.59. The summed E-state index contributed by atoms with van der Waals surface area (Å²) in [6, 6.07) is 0. The quantitative estimate of drug-likeness (QED) is 0.0165. The molecule has 0 amide bonds. The van der Waals surface area contributed by atoms with Crippen LogP contribution in [0.25, 0.3) is 33.5 Å². The van der Waals surface area contributed by atoms with E-state index in [1.807, 2.05) is 0 Å². The van der Waals surface area contributed by atoms with Crippen molar-refractivity contribution in [2.24, 2.45) is 5.92 Å². The van der Waals surface area contributed by atoms with Crippen LogP contribution in [0.4, 0.5) is 29.2 Å². The van der Waals surface area contributed by atoms with Gasteiger partial charge in [0.15, 0.2) is 59.0 Å². The maximum absolute atomic E-state index is 15.5. The molecular weight excluding hydrogens is 2110 g/mol. The molecule has 9 aromatic heterocycles. The number of fused-ring (bicyclic) bond motifs is 3. The van der Waals surface area contributed by atoms with Crippen molar-refractivity contribution in [1.82, 2.24) is 87.2 Å². The lowest BCUT2D eigenvalue weighted by Gasteiger charge is -2.30. The van der Waals surface area contributed by atoms with Crippen LogP contribution in [-0.4, -0.2) is 342 Å². The van der Waals surface area contributed by atoms with E-state index in [-0.39, 0.29) is 141 Å². The predicted molar refractivity (Wildman–Crippen MR) is 512 cm³/mol. The molecule has 15 heterocycles. The number of aliphatic hydroxyl groups excluding tert-OH is 1. The van der Waals surface area contributed by atoms with Crippen molar-refractivity contribution < 1.29 is 155 Å². The third-order valence-electron chi connectivity index (χ3n) is 24.2. The van der Waals surface area contributed by atoms with E-state index in [9.17, 15) is 53.5 Å². The summed E-state index contributed by atoms with van der Waals surface area (Å²) in [4.78, 5) is 176. The number of aromatic nitrogens is 18. The lowest BCUT2D eigenvalue weighted by Crippen LogP contribution is -2.41. The topological polar surface area (TPSA) is 792 Å². The maximum Gasteiger partial charge on any atom is 0.472 e. The van der Waals surface area contributed by atoms with Gasteiger partial charge in [0.2, 0.25) is 5.95 Å². The monoisotopic (exact) mass is 2220 g/mol. The van der Waals surface area contributed by atoms with Gasteiger partial charge in [0.05, 0.1) is 117 Å². The second kappa shape index (κ2) is 48.4. The molecule has 0 aliphatic carbocycles. The number of nitrogens with two attached hydrogens (primary N) is 5. The van der Waals surface area contributed by atoms with E-state index < -0.39 is 244 Å². The highest BCUT2D eigenvalue weighted by molar-refractivity contribution is 8.07. The number of nitrogens with zero attached hydrogens (tertiary/aromatic N) is 16. The lowest BCUT2D eigenvalue weighted by molar-refractivity contribution is -0.0833. The van der Waals surface area contributed by atoms with Crippen molar-refractivity contribution in [3.8, 4) is 0 Å². The molecule has 61 nitrogen and oxygen atoms in total. The molecule has 18 N–H and O–H groups in total. The zero-order valence-electron chi connectivity index (χ0n) is 79.4. The summed E-state index contributed by atoms with van der Waals surface area (Å²) in [5.41, 5.74) is 27.1. The maximum atomic E-state index is 15.5. The number of hydrogen-bond donors (Lipinski definition) is 13. The molecule has 0 aromatic carbocycles. The van der Waals surface area contributed by atoms with Gasteiger partial charge in [-0.2, -0.15) is 15.0 Å². The normalized spacial score (nSPS) is 29.1. The van der Waals surface area contributed by atoms with Gasteiger partial charge in [-0.3, -0.25) is 69.6 Å². The average molecular weight is 2220 g/mol. The number of phosphoric ester groups is 2. The number of aryl methyl sites for hydroxylation is 3. The van der Waals surface area contributed by atoms with Crippen LogP contribution in [0.2, 0.25) is 0 Å². The van der Waals surface area contributed by atoms with E-state index in [1.54, 1.807) is 18.4 Å². The summed E-state index contributed by atoms with van der Waals surface area (Å²) in [6.45, 7) is -14.4. The molecule has 6 saturated heterocycles. The molecule has 9 aromatic rings. The van der Waals surface area contributed by atoms with Crippen molar-refractivity contribution in [2.75, 3.05) is 157 Å². The Morgan fingerprint density at radius 3 is 1.32 bits per heavy atom. The number of aliphatic hydroxyl groups is 1. The molecule has 6 aliphatic heterocycles. The third kappa shape index (κ3) is 26.0. The zero-order valence-corrected chi connectivity index (χ0v) is 86.3. The first-order chi connectivity index (χ1) is 69.6. The predicted octanol–water partition coefficient (Wildman–Crippen LogP) is -0.726. The molecule has 10 unspecified atom stereocenters. The van der Waals surface area contributed by atoms with Crippen LogP contribution in [0.1, 0.15) is 86.7 Å². The summed E-state index contributed by atoms with van der Waals surface area (Å²) in [5.74, 6) is -1.84. The van der Waals surface area contributed by atoms with E-state index in [0.29, 0.717) is 17.6 Å². The molecule has 0 radical (unpaired) electrons. The number of hydrogen-bond acceptors (Lipinski definition) is 51. The van der Waals surface area contributed by atoms with Gasteiger partial charge >= 0.3 is 52.9 Å². The summed E-state index contributed by atoms with van der Waals surface area (Å²) < 4.78 is 190. The molecule has 28 atom stereocenters. The van der Waals surface area contributed by atoms with Crippen LogP contribution < -0.4 is 56.9 Å². The fourth-order valence-electron chi connectivity index (χ4n) is 17.2. The Morgan fingerprint density at radius 2 is 0.815 bits per heavy atom. The Bertz CT molecular complexity index is 6640. The van der Waals surface area contributed by atoms with E-state index in [1.165, 1.54) is 91.5 Å². The van der Waals surface area contributed by atoms with Crippen molar-refractivity contribution >= 4 is 134 Å². The molecule has 0 spiro atoms. The van der Waals surface area contributed by atoms with Crippen molar-refractivity contribution in [2.45, 2.75) is 188 Å². The van der Waals surface area contributed by atoms with Crippen LogP contribution >= 0.6 is 35.8 Å². The van der Waals surface area contributed by atoms with Crippen molar-refractivity contribution in [3.63, 3.8) is 0 Å². The largest absolute Gasteiger partial charge is 0.472 e. The molecule has 806 valence electrons. The molecule has 0 bridgehead atoms. The molecule has 146 heavy (non-hydrogen) atoms. The summed E-state index contributed by atoms with van der Waals surface area (Å²) >= 11 is 17.2. The van der Waals surface area contributed by atoms with Gasteiger partial charge in [-0.05, 0) is 75.5 Å². The Morgan fingerprint density at radius 1 is 0.411 bits per heavy atom. The standard InChI is InChI=1S/C77H112N23O38P5S3/c1-10-40-41(22-47(128-40)98-33-87-48-62(80)83-31-85-64(48)98)134-141(111,144)126-29-45-53(57(120-19-15-116-7)71(131-45)96-24-37(3)61(79)91-76(96)105)135-140(109,110)124-28-44-55(59(122-21-17-118-9)72(132-44)99-34-88-49-63(81)84-32-86-65(49)99)138-143(113,146)127-30-46-54(58(121-20-16-117-8)73(133-46)100-35-89-50-66(100)92-74(82)93-68(50)103)136-139(107,108)123-27-43-52(39(12-11-13-114-5)69(130-43)95-23-36(2)60(78)90-75(95)104)137-142(112,145)125-26-42-51(101)56(119-18-14-115-6)70(129-42)97-25-38(4)67(102)94-77(97)106/h23-25,31-35,39-47,51-59,69-73,101H,10-22,26-30H2,1-9H3,(H,107,108)(H,109,110)(H,111,144)(H,112,145)(H,113,146)(H2,78,90,104)(H2,79,91,105)(H2,80,83,85)(H2,81,84,86)(H,94,102,106)(H3,82,92,93,103)/t39?,40-,41-,42-,43-,44-,45-,46-,47-,51+,52-,53+,54+,55+,56?,57?,58?,59?,69-,70-,71-,72-,73-,141?,142?,143?/m1/s1. The highest BCUT2D eigenvalue weighted by Crippen LogP contribution is 2.59. The smallest absolute Gasteiger partial charge is 0.387 e. The molecular formula is C77H112N23O38P5S3. The fraction of sp³-hybridized carbons (Fsp3) is 0.649. The zero-order chi connectivity index (χ0) is 105. The third-order valence-corrected chi connectivity index (χ3v) is 30.9. The van der Waals surface area contributed by atoms with Gasteiger partial charge in [-0.1, -0.05) is 6.92 Å². The minimum atomic E-state index is -5.83. The fourth-order valence-corrected chi connectivity index (χ4v) is 23.6. The molecule has 0 saturated carbocycles. The first-order valence-electron chi connectivity index (χ1n) is 45.0. The van der Waals surface area contributed by atoms with Crippen LogP contribution in [-0.2, 0) is 161 Å². The lowest BCUT2D eigenvalue weighted by atomic mass is 9.94. The molecule has 69 heteroatoms. The number of methoxy groups -OCH3 is 5. The highest BCUT2D eigenvalue weighted by Gasteiger charge is 2.58. The molecule has 15 rings (SSSR count). The van der Waals surface area contributed by atoms with Crippen LogP contribution in [0, 0.1) is 26.7 Å². The molecule has 6 fully saturated rings. The summed E-state index contributed by atoms with van der Waals surface area (Å²) in [5, 5.41) is 11.8. The highest BCUT2D eigenvalue weighted by atomic mass is 32.5. The van der Waals surface area contributed by atoms with Gasteiger partial charge in [0.25, 0.3) is 11.1 Å². The van der Waals surface area contributed by atoms with E-state index in [2.05, 4.69) is 59.8 Å². The number of nitrogen functional groups attached to an aromatic ring is 5. The number of H-pyrrole nitrogens is 2. The van der Waals surface area contributed by atoms with Gasteiger partial charge < -0.3 is 152 Å². The Labute approximate surface area is 842 Å². The number of aromatic amines is 2. The van der Waals surface area contributed by atoms with Crippen LogP contribution in [0.5, 0.6) is 0 Å². The number of phosphoric acid groups is 2. The van der Waals surface area contributed by atoms with Gasteiger partial charge in [-0.15, -0.1) is 0 Å².